The van der Waals surface area contributed by atoms with E-state index in [0.717, 1.165) is 12.5 Å². The molecule has 1 rings (SSSR count). The van der Waals surface area contributed by atoms with E-state index in [2.05, 4.69) is 31.4 Å². The highest BCUT2D eigenvalue weighted by atomic mass is 15.0. The molecule has 2 nitrogen and oxygen atoms in total. The van der Waals surface area contributed by atoms with Crippen LogP contribution in [0.5, 0.6) is 0 Å². The van der Waals surface area contributed by atoms with Crippen molar-refractivity contribution in [2.24, 2.45) is 5.92 Å². The van der Waals surface area contributed by atoms with Gasteiger partial charge in [0.1, 0.15) is 0 Å². The monoisotopic (exact) mass is 142 g/mol. The van der Waals surface area contributed by atoms with Crippen LogP contribution in [0.3, 0.4) is 0 Å². The van der Waals surface area contributed by atoms with Gasteiger partial charge in [-0.3, -0.25) is 0 Å². The molecule has 2 atom stereocenters. The average molecular weight is 142 g/mol. The van der Waals surface area contributed by atoms with Crippen LogP contribution in [-0.2, 0) is 0 Å². The summed E-state index contributed by atoms with van der Waals surface area (Å²) in [4.78, 5) is 0. The Bertz CT molecular complexity index is 101. The molecule has 1 fully saturated rings. The molecule has 0 spiro atoms. The van der Waals surface area contributed by atoms with E-state index < -0.39 is 0 Å². The quantitative estimate of drug-likeness (QED) is 0.590. The smallest absolute Gasteiger partial charge is 0.0232 e. The van der Waals surface area contributed by atoms with Crippen molar-refractivity contribution in [1.82, 2.24) is 10.6 Å². The van der Waals surface area contributed by atoms with Crippen molar-refractivity contribution in [2.75, 3.05) is 13.1 Å². The zero-order valence-electron chi connectivity index (χ0n) is 7.15. The van der Waals surface area contributed by atoms with E-state index in [9.17, 15) is 0 Å². The standard InChI is InChI=1S/C8H18N2/c1-6(2)10-8-5-9-4-7(8)3/h6-10H,4-5H2,1-3H3/t7-,8-/m1/s1. The van der Waals surface area contributed by atoms with Gasteiger partial charge in [-0.15, -0.1) is 0 Å². The second kappa shape index (κ2) is 3.35. The first-order valence-corrected chi connectivity index (χ1v) is 4.17. The molecule has 0 aromatic carbocycles. The summed E-state index contributed by atoms with van der Waals surface area (Å²) in [6, 6.07) is 1.31. The van der Waals surface area contributed by atoms with E-state index in [-0.39, 0.29) is 0 Å². The average Bonchev–Trinajstić information content (AvgIpc) is 2.15. The number of rotatable bonds is 2. The molecule has 0 bridgehead atoms. The second-order valence-corrected chi connectivity index (χ2v) is 3.56. The van der Waals surface area contributed by atoms with Gasteiger partial charge in [0, 0.05) is 18.6 Å². The first kappa shape index (κ1) is 8.02. The summed E-state index contributed by atoms with van der Waals surface area (Å²) < 4.78 is 0. The lowest BCUT2D eigenvalue weighted by molar-refractivity contribution is 0.418. The third-order valence-corrected chi connectivity index (χ3v) is 2.06. The summed E-state index contributed by atoms with van der Waals surface area (Å²) in [7, 11) is 0. The number of hydrogen-bond donors (Lipinski definition) is 2. The van der Waals surface area contributed by atoms with Crippen LogP contribution in [0, 0.1) is 5.92 Å². The highest BCUT2D eigenvalue weighted by Crippen LogP contribution is 2.07. The largest absolute Gasteiger partial charge is 0.315 e. The molecular weight excluding hydrogens is 124 g/mol. The van der Waals surface area contributed by atoms with Crippen molar-refractivity contribution in [1.29, 1.82) is 0 Å². The van der Waals surface area contributed by atoms with Crippen molar-refractivity contribution in [2.45, 2.75) is 32.9 Å². The SMILES string of the molecule is CC(C)N[C@@H]1CNC[C@H]1C. The third-order valence-electron chi connectivity index (χ3n) is 2.06. The Balaban J connectivity index is 2.26. The molecule has 0 saturated carbocycles. The predicted octanol–water partition coefficient (Wildman–Crippen LogP) is 0.592. The minimum atomic E-state index is 0.618. The molecule has 0 unspecified atom stereocenters. The lowest BCUT2D eigenvalue weighted by Gasteiger charge is -2.18. The first-order chi connectivity index (χ1) is 4.70. The topological polar surface area (TPSA) is 24.1 Å². The van der Waals surface area contributed by atoms with Crippen molar-refractivity contribution in [3.05, 3.63) is 0 Å². The fourth-order valence-corrected chi connectivity index (χ4v) is 1.46. The van der Waals surface area contributed by atoms with Crippen LogP contribution in [0.4, 0.5) is 0 Å². The van der Waals surface area contributed by atoms with Gasteiger partial charge >= 0.3 is 0 Å². The third kappa shape index (κ3) is 1.96. The van der Waals surface area contributed by atoms with Gasteiger partial charge in [-0.1, -0.05) is 20.8 Å². The van der Waals surface area contributed by atoms with Gasteiger partial charge in [0.05, 0.1) is 0 Å². The van der Waals surface area contributed by atoms with Crippen LogP contribution in [0.25, 0.3) is 0 Å². The van der Waals surface area contributed by atoms with Crippen molar-refractivity contribution in [3.8, 4) is 0 Å². The lowest BCUT2D eigenvalue weighted by atomic mass is 10.1. The fraction of sp³-hybridized carbons (Fsp3) is 1.00. The maximum Gasteiger partial charge on any atom is 0.0232 e. The number of hydrogen-bond acceptors (Lipinski definition) is 2. The van der Waals surface area contributed by atoms with Crippen molar-refractivity contribution < 1.29 is 0 Å². The second-order valence-electron chi connectivity index (χ2n) is 3.56. The highest BCUT2D eigenvalue weighted by Gasteiger charge is 2.22. The van der Waals surface area contributed by atoms with Gasteiger partial charge in [0.2, 0.25) is 0 Å². The molecule has 1 aliphatic heterocycles. The normalized spacial score (nSPS) is 33.6. The molecule has 1 heterocycles. The van der Waals surface area contributed by atoms with E-state index in [1.54, 1.807) is 0 Å². The summed E-state index contributed by atoms with van der Waals surface area (Å²) in [5, 5.41) is 6.89. The van der Waals surface area contributed by atoms with E-state index in [4.69, 9.17) is 0 Å². The Hall–Kier alpha value is -0.0800. The van der Waals surface area contributed by atoms with E-state index in [0.29, 0.717) is 12.1 Å². The summed E-state index contributed by atoms with van der Waals surface area (Å²) >= 11 is 0. The summed E-state index contributed by atoms with van der Waals surface area (Å²) in [6.07, 6.45) is 0. The molecule has 2 N–H and O–H groups in total. The van der Waals surface area contributed by atoms with Gasteiger partial charge in [0.25, 0.3) is 0 Å². The van der Waals surface area contributed by atoms with E-state index in [1.165, 1.54) is 6.54 Å². The summed E-state index contributed by atoms with van der Waals surface area (Å²) in [5.74, 6) is 0.794. The summed E-state index contributed by atoms with van der Waals surface area (Å²) in [5.41, 5.74) is 0. The van der Waals surface area contributed by atoms with Crippen molar-refractivity contribution in [3.63, 3.8) is 0 Å². The minimum absolute atomic E-state index is 0.618. The molecule has 0 amide bonds. The minimum Gasteiger partial charge on any atom is -0.315 e. The molecule has 60 valence electrons. The molecule has 1 aliphatic rings. The van der Waals surface area contributed by atoms with Crippen LogP contribution in [0.1, 0.15) is 20.8 Å². The van der Waals surface area contributed by atoms with Crippen LogP contribution in [-0.4, -0.2) is 25.2 Å². The molecular formula is C8H18N2. The Morgan fingerprint density at radius 2 is 2.10 bits per heavy atom. The number of nitrogens with one attached hydrogen (secondary N) is 2. The highest BCUT2D eigenvalue weighted by molar-refractivity contribution is 4.84. The Kier molecular flexibility index (Phi) is 2.69. The predicted molar refractivity (Wildman–Crippen MR) is 44.1 cm³/mol. The molecule has 0 aromatic heterocycles. The first-order valence-electron chi connectivity index (χ1n) is 4.17. The molecule has 2 heteroatoms. The summed E-state index contributed by atoms with van der Waals surface area (Å²) in [6.45, 7) is 9.00. The van der Waals surface area contributed by atoms with Gasteiger partial charge in [-0.05, 0) is 12.5 Å². The molecule has 10 heavy (non-hydrogen) atoms. The van der Waals surface area contributed by atoms with Crippen LogP contribution < -0.4 is 10.6 Å². The Morgan fingerprint density at radius 1 is 1.40 bits per heavy atom. The van der Waals surface area contributed by atoms with Gasteiger partial charge < -0.3 is 10.6 Å². The Morgan fingerprint density at radius 3 is 2.50 bits per heavy atom. The molecule has 0 radical (unpaired) electrons. The van der Waals surface area contributed by atoms with Gasteiger partial charge in [-0.25, -0.2) is 0 Å². The van der Waals surface area contributed by atoms with Crippen molar-refractivity contribution >= 4 is 0 Å². The molecule has 0 aliphatic carbocycles. The lowest BCUT2D eigenvalue weighted by Crippen LogP contribution is -2.39. The Labute approximate surface area is 63.4 Å². The zero-order chi connectivity index (χ0) is 7.56. The van der Waals surface area contributed by atoms with Crippen LogP contribution in [0.2, 0.25) is 0 Å². The van der Waals surface area contributed by atoms with Gasteiger partial charge in [0.15, 0.2) is 0 Å². The zero-order valence-corrected chi connectivity index (χ0v) is 7.15. The molecule has 1 saturated heterocycles. The maximum absolute atomic E-state index is 3.53. The maximum atomic E-state index is 3.53. The fourth-order valence-electron chi connectivity index (χ4n) is 1.46. The van der Waals surface area contributed by atoms with Crippen LogP contribution >= 0.6 is 0 Å². The molecule has 0 aromatic rings. The van der Waals surface area contributed by atoms with Crippen LogP contribution in [0.15, 0.2) is 0 Å². The van der Waals surface area contributed by atoms with Gasteiger partial charge in [-0.2, -0.15) is 0 Å². The van der Waals surface area contributed by atoms with E-state index >= 15 is 0 Å². The van der Waals surface area contributed by atoms with E-state index in [1.807, 2.05) is 0 Å².